The molecule has 38 heavy (non-hydrogen) atoms. The first-order valence-corrected chi connectivity index (χ1v) is 14.8. The number of thiazole rings is 2. The maximum Gasteiger partial charge on any atom is 0.262 e. The van der Waals surface area contributed by atoms with Crippen molar-refractivity contribution in [1.82, 2.24) is 9.97 Å². The predicted molar refractivity (Wildman–Crippen MR) is 159 cm³/mol. The lowest BCUT2D eigenvalue weighted by Crippen LogP contribution is -2.21. The summed E-state index contributed by atoms with van der Waals surface area (Å²) in [6.07, 6.45) is 0. The molecule has 0 radical (unpaired) electrons. The summed E-state index contributed by atoms with van der Waals surface area (Å²) in [7, 11) is 3.28. The van der Waals surface area contributed by atoms with Crippen molar-refractivity contribution < 1.29 is 19.1 Å². The zero-order valence-electron chi connectivity index (χ0n) is 21.5. The Hall–Kier alpha value is -2.80. The van der Waals surface area contributed by atoms with Crippen molar-refractivity contribution in [1.29, 1.82) is 0 Å². The van der Waals surface area contributed by atoms with Gasteiger partial charge in [0.05, 0.1) is 44.1 Å². The van der Waals surface area contributed by atoms with E-state index in [0.29, 0.717) is 0 Å². The molecule has 4 heterocycles. The largest absolute Gasteiger partial charge is 0.497 e. The van der Waals surface area contributed by atoms with E-state index in [2.05, 4.69) is 20.0 Å². The molecule has 0 bridgehead atoms. The van der Waals surface area contributed by atoms with Crippen LogP contribution in [0.25, 0.3) is 20.4 Å². The third kappa shape index (κ3) is 5.22. The fourth-order valence-electron chi connectivity index (χ4n) is 3.50. The van der Waals surface area contributed by atoms with Crippen molar-refractivity contribution in [3.63, 3.8) is 0 Å². The molecule has 4 aromatic rings. The van der Waals surface area contributed by atoms with Gasteiger partial charge in [-0.25, -0.2) is 20.0 Å². The molecule has 12 heteroatoms. The van der Waals surface area contributed by atoms with E-state index in [4.69, 9.17) is 9.47 Å². The van der Waals surface area contributed by atoms with Crippen LogP contribution < -0.4 is 9.47 Å². The second-order valence-electron chi connectivity index (χ2n) is 9.37. The summed E-state index contributed by atoms with van der Waals surface area (Å²) >= 11 is 6.01. The number of methoxy groups -OCH3 is 2. The molecule has 2 aliphatic rings. The molecule has 0 saturated heterocycles. The number of ether oxygens (including phenoxy) is 2. The molecule has 2 aromatic carbocycles. The minimum Gasteiger partial charge on any atom is -0.497 e. The van der Waals surface area contributed by atoms with Crippen LogP contribution in [0.3, 0.4) is 0 Å². The monoisotopic (exact) mass is 584 g/mol. The van der Waals surface area contributed by atoms with E-state index in [1.54, 1.807) is 14.2 Å². The third-order valence-electron chi connectivity index (χ3n) is 5.70. The van der Waals surface area contributed by atoms with Crippen LogP contribution in [-0.4, -0.2) is 55.6 Å². The van der Waals surface area contributed by atoms with E-state index in [9.17, 15) is 9.59 Å². The molecular formula is C26H24N4O4S4. The molecule has 8 nitrogen and oxygen atoms in total. The first kappa shape index (κ1) is 26.8. The Balaban J connectivity index is 0.000000155. The van der Waals surface area contributed by atoms with Crippen molar-refractivity contribution in [3.8, 4) is 11.5 Å². The predicted octanol–water partition coefficient (Wildman–Crippen LogP) is 6.21. The van der Waals surface area contributed by atoms with Crippen LogP contribution in [-0.2, 0) is 9.59 Å². The van der Waals surface area contributed by atoms with Crippen molar-refractivity contribution in [2.45, 2.75) is 37.2 Å². The number of nitrogens with zero attached hydrogens (tertiary/aromatic N) is 4. The normalized spacial score (nSPS) is 17.8. The highest BCUT2D eigenvalue weighted by molar-refractivity contribution is 8.17. The third-order valence-corrected chi connectivity index (χ3v) is 10.3. The Bertz CT molecular complexity index is 1530. The number of carbonyl (C=O) groups excluding carboxylic acids is 2. The van der Waals surface area contributed by atoms with Gasteiger partial charge in [-0.2, -0.15) is 0 Å². The highest BCUT2D eigenvalue weighted by Crippen LogP contribution is 2.39. The molecule has 0 saturated carbocycles. The van der Waals surface area contributed by atoms with Gasteiger partial charge >= 0.3 is 0 Å². The standard InChI is InChI=1S/2C13H12N2O2S2/c2*1-13(2)12(16)15-11(19-13)10-14-8-5-4-7(17-3)6-9(8)18-10/h2*4-6H,1-3H3. The smallest absolute Gasteiger partial charge is 0.262 e. The van der Waals surface area contributed by atoms with Crippen molar-refractivity contribution in [3.05, 3.63) is 46.4 Å². The molecule has 0 atom stereocenters. The number of hydrogen-bond donors (Lipinski definition) is 0. The van der Waals surface area contributed by atoms with Gasteiger partial charge in [0.2, 0.25) is 0 Å². The summed E-state index contributed by atoms with van der Waals surface area (Å²) in [4.78, 5) is 40.8. The molecule has 2 aliphatic heterocycles. The van der Waals surface area contributed by atoms with Gasteiger partial charge in [-0.1, -0.05) is 23.5 Å². The van der Waals surface area contributed by atoms with Gasteiger partial charge < -0.3 is 9.47 Å². The van der Waals surface area contributed by atoms with Crippen LogP contribution in [0, 0.1) is 0 Å². The van der Waals surface area contributed by atoms with Crippen LogP contribution in [0.2, 0.25) is 0 Å². The molecule has 6 rings (SSSR count). The zero-order chi connectivity index (χ0) is 27.2. The average molecular weight is 585 g/mol. The molecule has 0 aliphatic carbocycles. The number of carbonyl (C=O) groups is 2. The fraction of sp³-hybridized carbons (Fsp3) is 0.308. The second-order valence-corrected chi connectivity index (χ2v) is 14.7. The van der Waals surface area contributed by atoms with Crippen LogP contribution in [0.15, 0.2) is 46.4 Å². The van der Waals surface area contributed by atoms with E-state index in [1.807, 2.05) is 64.1 Å². The number of aliphatic imine (C=N–C) groups is 2. The number of amides is 2. The lowest BCUT2D eigenvalue weighted by molar-refractivity contribution is -0.119. The van der Waals surface area contributed by atoms with Gasteiger partial charge in [0.25, 0.3) is 11.8 Å². The summed E-state index contributed by atoms with van der Waals surface area (Å²) in [5, 5.41) is 3.03. The number of hydrogen-bond acceptors (Lipinski definition) is 10. The number of rotatable bonds is 4. The maximum atomic E-state index is 11.7. The Kier molecular flexibility index (Phi) is 7.10. The van der Waals surface area contributed by atoms with E-state index in [1.165, 1.54) is 46.2 Å². The van der Waals surface area contributed by atoms with E-state index >= 15 is 0 Å². The Morgan fingerprint density at radius 1 is 0.658 bits per heavy atom. The Labute approximate surface area is 236 Å². The van der Waals surface area contributed by atoms with Crippen molar-refractivity contribution in [2.75, 3.05) is 14.2 Å². The Morgan fingerprint density at radius 3 is 1.37 bits per heavy atom. The maximum absolute atomic E-state index is 11.7. The average Bonchev–Trinajstić information content (AvgIpc) is 3.62. The minimum atomic E-state index is -0.481. The van der Waals surface area contributed by atoms with Gasteiger partial charge in [0.1, 0.15) is 31.6 Å². The van der Waals surface area contributed by atoms with Gasteiger partial charge in [-0.3, -0.25) is 9.59 Å². The summed E-state index contributed by atoms with van der Waals surface area (Å²) < 4.78 is 11.5. The van der Waals surface area contributed by atoms with Gasteiger partial charge in [-0.05, 0) is 64.1 Å². The highest BCUT2D eigenvalue weighted by atomic mass is 32.2. The molecule has 2 aromatic heterocycles. The second kappa shape index (κ2) is 10.1. The summed E-state index contributed by atoms with van der Waals surface area (Å²) in [6.45, 7) is 7.53. The molecule has 0 N–H and O–H groups in total. The molecule has 0 fully saturated rings. The highest BCUT2D eigenvalue weighted by Gasteiger charge is 2.38. The Morgan fingerprint density at radius 2 is 1.05 bits per heavy atom. The van der Waals surface area contributed by atoms with Gasteiger partial charge in [0, 0.05) is 0 Å². The number of thioether (sulfide) groups is 2. The van der Waals surface area contributed by atoms with Gasteiger partial charge in [-0.15, -0.1) is 22.7 Å². The quantitative estimate of drug-likeness (QED) is 0.279. The van der Waals surface area contributed by atoms with Crippen molar-refractivity contribution in [2.24, 2.45) is 9.98 Å². The van der Waals surface area contributed by atoms with Crippen molar-refractivity contribution >= 4 is 88.5 Å². The molecular weight excluding hydrogens is 561 g/mol. The van der Waals surface area contributed by atoms with Crippen LogP contribution in [0.1, 0.15) is 37.7 Å². The number of benzene rings is 2. The van der Waals surface area contributed by atoms with E-state index < -0.39 is 9.49 Å². The topological polar surface area (TPSA) is 103 Å². The molecule has 2 amide bonds. The van der Waals surface area contributed by atoms with Gasteiger partial charge in [0.15, 0.2) is 0 Å². The summed E-state index contributed by atoms with van der Waals surface area (Å²) in [5.74, 6) is 1.42. The molecule has 0 unspecified atom stereocenters. The molecule has 196 valence electrons. The summed E-state index contributed by atoms with van der Waals surface area (Å²) in [6, 6.07) is 11.5. The zero-order valence-corrected chi connectivity index (χ0v) is 24.8. The first-order valence-electron chi connectivity index (χ1n) is 11.5. The van der Waals surface area contributed by atoms with Crippen LogP contribution in [0.4, 0.5) is 0 Å². The number of aromatic nitrogens is 2. The molecule has 0 spiro atoms. The van der Waals surface area contributed by atoms with E-state index in [-0.39, 0.29) is 11.8 Å². The fourth-order valence-corrected chi connectivity index (χ4v) is 7.51. The SMILES string of the molecule is COc1ccc2nc(C3=NC(=O)C(C)(C)S3)sc2c1.COc1ccc2nc(C3=NC(=O)C(C)(C)S3)sc2c1. The number of fused-ring (bicyclic) bond motifs is 2. The van der Waals surface area contributed by atoms with Crippen LogP contribution >= 0.6 is 46.2 Å². The lowest BCUT2D eigenvalue weighted by Gasteiger charge is -2.10. The summed E-state index contributed by atoms with van der Waals surface area (Å²) in [5.41, 5.74) is 1.81. The van der Waals surface area contributed by atoms with E-state index in [0.717, 1.165) is 52.0 Å². The van der Waals surface area contributed by atoms with Crippen LogP contribution in [0.5, 0.6) is 11.5 Å². The lowest BCUT2D eigenvalue weighted by atomic mass is 10.2. The minimum absolute atomic E-state index is 0.0932. The first-order chi connectivity index (χ1) is 18.0.